The van der Waals surface area contributed by atoms with Crippen molar-refractivity contribution in [3.05, 3.63) is 156 Å². The van der Waals surface area contributed by atoms with E-state index in [0.29, 0.717) is 0 Å². The molecule has 0 fully saturated rings. The highest BCUT2D eigenvalue weighted by Gasteiger charge is 2.67. The lowest BCUT2D eigenvalue weighted by Crippen LogP contribution is -2.72. The molecule has 6 heterocycles. The molecule has 5 nitrogen and oxygen atoms in total. The third kappa shape index (κ3) is 3.89. The molecule has 56 heavy (non-hydrogen) atoms. The van der Waals surface area contributed by atoms with E-state index >= 15 is 0 Å². The van der Waals surface area contributed by atoms with Crippen molar-refractivity contribution in [3.8, 4) is 28.3 Å². The van der Waals surface area contributed by atoms with Crippen LogP contribution in [-0.4, -0.2) is 12.6 Å². The number of benzene rings is 6. The zero-order valence-electron chi connectivity index (χ0n) is 32.4. The number of rotatable bonds is 2. The standard InChI is InChI=1S/C50H41N3O2Si/c1-49(2,3)30-22-24-36-38(28-30)50(51-29-31(56(4,5)6)23-27-39(36)51)37-26-25-35-33-15-8-12-21-44(33)55-47(35)45(37)48-52(40-17-9-10-18-41(40)53(48)50)42-19-13-16-34-32-14-7-11-20-43(32)54-46(34)42/h7-29H,1-6H3/q+2. The molecule has 1 atom stereocenters. The summed E-state index contributed by atoms with van der Waals surface area (Å²) in [6.45, 7) is 14.3. The zero-order valence-corrected chi connectivity index (χ0v) is 33.4. The second kappa shape index (κ2) is 10.5. The second-order valence-corrected chi connectivity index (χ2v) is 22.9. The predicted molar refractivity (Wildman–Crippen MR) is 229 cm³/mol. The average Bonchev–Trinajstić information content (AvgIpc) is 3.98. The fourth-order valence-corrected chi connectivity index (χ4v) is 11.0. The van der Waals surface area contributed by atoms with Gasteiger partial charge in [-0.3, -0.25) is 0 Å². The summed E-state index contributed by atoms with van der Waals surface area (Å²) in [4.78, 5) is 0. The monoisotopic (exact) mass is 743 g/mol. The molecule has 2 aliphatic heterocycles. The molecular formula is C50H41N3O2Si+2. The van der Waals surface area contributed by atoms with Crippen molar-refractivity contribution in [2.45, 2.75) is 51.5 Å². The van der Waals surface area contributed by atoms with Gasteiger partial charge in [0.1, 0.15) is 16.7 Å². The lowest BCUT2D eigenvalue weighted by molar-refractivity contribution is -0.944. The van der Waals surface area contributed by atoms with Crippen LogP contribution in [0, 0.1) is 0 Å². The molecule has 1 spiro atoms. The van der Waals surface area contributed by atoms with Gasteiger partial charge in [0.25, 0.3) is 0 Å². The molecule has 10 aromatic rings. The highest BCUT2D eigenvalue weighted by molar-refractivity contribution is 6.88. The number of furan rings is 2. The quantitative estimate of drug-likeness (QED) is 0.131. The molecule has 0 bridgehead atoms. The van der Waals surface area contributed by atoms with E-state index in [4.69, 9.17) is 8.83 Å². The van der Waals surface area contributed by atoms with Gasteiger partial charge in [-0.2, -0.15) is 4.57 Å². The second-order valence-electron chi connectivity index (χ2n) is 17.8. The number of pyridine rings is 1. The highest BCUT2D eigenvalue weighted by Crippen LogP contribution is 2.53. The van der Waals surface area contributed by atoms with Gasteiger partial charge in [0.15, 0.2) is 34.1 Å². The van der Waals surface area contributed by atoms with Crippen molar-refractivity contribution in [2.24, 2.45) is 0 Å². The van der Waals surface area contributed by atoms with E-state index in [-0.39, 0.29) is 5.41 Å². The van der Waals surface area contributed by atoms with Crippen LogP contribution < -0.4 is 14.3 Å². The Morgan fingerprint density at radius 3 is 2.05 bits per heavy atom. The van der Waals surface area contributed by atoms with Crippen molar-refractivity contribution in [3.63, 3.8) is 0 Å². The fourth-order valence-electron chi connectivity index (χ4n) is 9.88. The molecule has 0 saturated heterocycles. The third-order valence-electron chi connectivity index (χ3n) is 12.6. The van der Waals surface area contributed by atoms with Crippen molar-refractivity contribution < 1.29 is 18.0 Å². The minimum atomic E-state index is -1.75. The molecule has 270 valence electrons. The lowest BCUT2D eigenvalue weighted by Gasteiger charge is -2.24. The van der Waals surface area contributed by atoms with Crippen LogP contribution in [-0.2, 0) is 11.1 Å². The Morgan fingerprint density at radius 1 is 0.625 bits per heavy atom. The Labute approximate surface area is 325 Å². The number of fused-ring (bicyclic) bond motifs is 19. The van der Waals surface area contributed by atoms with Gasteiger partial charge in [-0.1, -0.05) is 113 Å². The van der Waals surface area contributed by atoms with E-state index in [2.05, 4.69) is 188 Å². The number of hydrogen-bond acceptors (Lipinski definition) is 2. The van der Waals surface area contributed by atoms with Crippen LogP contribution in [0.2, 0.25) is 19.6 Å². The summed E-state index contributed by atoms with van der Waals surface area (Å²) in [5.41, 5.74) is 13.4. The Balaban J connectivity index is 1.34. The highest BCUT2D eigenvalue weighted by atomic mass is 28.3. The molecule has 0 saturated carbocycles. The van der Waals surface area contributed by atoms with Gasteiger partial charge >= 0.3 is 11.5 Å². The molecular weight excluding hydrogens is 703 g/mol. The number of aromatic nitrogens is 3. The topological polar surface area (TPSA) is 39.0 Å². The van der Waals surface area contributed by atoms with Gasteiger partial charge in [0.05, 0.1) is 24.8 Å². The Bertz CT molecular complexity index is 3280. The minimum absolute atomic E-state index is 0.0539. The molecule has 0 N–H and O–H groups in total. The van der Waals surface area contributed by atoms with Gasteiger partial charge in [-0.05, 0) is 65.6 Å². The van der Waals surface area contributed by atoms with Gasteiger partial charge in [-0.25, -0.2) is 0 Å². The van der Waals surface area contributed by atoms with E-state index in [1.165, 1.54) is 33.1 Å². The maximum atomic E-state index is 7.06. The molecule has 6 aromatic carbocycles. The van der Waals surface area contributed by atoms with Crippen molar-refractivity contribution >= 4 is 68.2 Å². The van der Waals surface area contributed by atoms with Gasteiger partial charge in [0, 0.05) is 32.8 Å². The summed E-state index contributed by atoms with van der Waals surface area (Å²) in [5.74, 6) is 1.07. The Morgan fingerprint density at radius 2 is 1.30 bits per heavy atom. The average molecular weight is 744 g/mol. The maximum absolute atomic E-state index is 7.06. The van der Waals surface area contributed by atoms with Crippen LogP contribution in [0.1, 0.15) is 37.5 Å². The predicted octanol–water partition coefficient (Wildman–Crippen LogP) is 11.1. The first-order valence-electron chi connectivity index (χ1n) is 19.7. The van der Waals surface area contributed by atoms with E-state index in [0.717, 1.165) is 72.0 Å². The van der Waals surface area contributed by atoms with E-state index < -0.39 is 13.7 Å². The van der Waals surface area contributed by atoms with Crippen molar-refractivity contribution in [1.29, 1.82) is 0 Å². The smallest absolute Gasteiger partial charge is 0.364 e. The third-order valence-corrected chi connectivity index (χ3v) is 14.6. The molecule has 1 unspecified atom stereocenters. The number of hydrogen-bond donors (Lipinski definition) is 0. The van der Waals surface area contributed by atoms with Crippen LogP contribution in [0.4, 0.5) is 0 Å². The largest absolute Gasteiger partial charge is 0.455 e. The summed E-state index contributed by atoms with van der Waals surface area (Å²) in [5, 5.41) is 5.87. The van der Waals surface area contributed by atoms with Gasteiger partial charge in [-0.15, -0.1) is 9.13 Å². The summed E-state index contributed by atoms with van der Waals surface area (Å²) in [6, 6.07) is 49.0. The molecule has 0 amide bonds. The summed E-state index contributed by atoms with van der Waals surface area (Å²) in [7, 11) is -1.75. The van der Waals surface area contributed by atoms with Crippen LogP contribution in [0.25, 0.3) is 83.2 Å². The van der Waals surface area contributed by atoms with Gasteiger partial charge < -0.3 is 8.83 Å². The van der Waals surface area contributed by atoms with Crippen LogP contribution in [0.3, 0.4) is 0 Å². The first-order valence-corrected chi connectivity index (χ1v) is 23.2. The summed E-state index contributed by atoms with van der Waals surface area (Å²) >= 11 is 0. The minimum Gasteiger partial charge on any atom is -0.455 e. The molecule has 0 aliphatic carbocycles. The molecule has 6 heteroatoms. The van der Waals surface area contributed by atoms with Crippen LogP contribution in [0.5, 0.6) is 0 Å². The number of nitrogens with zero attached hydrogens (tertiary/aromatic N) is 3. The van der Waals surface area contributed by atoms with E-state index in [1.807, 2.05) is 6.07 Å². The van der Waals surface area contributed by atoms with Crippen molar-refractivity contribution in [1.82, 2.24) is 4.57 Å². The Hall–Kier alpha value is -6.24. The van der Waals surface area contributed by atoms with Crippen molar-refractivity contribution in [2.75, 3.05) is 0 Å². The number of imidazole rings is 1. The normalized spacial score (nSPS) is 16.1. The fraction of sp³-hybridized carbons (Fsp3) is 0.160. The molecule has 2 aliphatic rings. The zero-order chi connectivity index (χ0) is 37.9. The molecule has 12 rings (SSSR count). The summed E-state index contributed by atoms with van der Waals surface area (Å²) in [6.07, 6.45) is 2.49. The van der Waals surface area contributed by atoms with Crippen LogP contribution >= 0.6 is 0 Å². The first-order chi connectivity index (χ1) is 27.0. The molecule has 0 radical (unpaired) electrons. The first kappa shape index (κ1) is 32.0. The van der Waals surface area contributed by atoms with E-state index in [1.54, 1.807) is 0 Å². The SMILES string of the molecule is CC(C)(C)c1ccc2c(c1)C1(c3ccc4c(oc5ccccc54)c3-c3n(-c4cccc5c4oc4ccccc45)c4ccccc4[n+]31)[n+]1cc([Si](C)(C)C)ccc1-2. The van der Waals surface area contributed by atoms with Crippen LogP contribution in [0.15, 0.2) is 148 Å². The van der Waals surface area contributed by atoms with E-state index in [9.17, 15) is 0 Å². The maximum Gasteiger partial charge on any atom is 0.364 e. The molecule has 4 aromatic heterocycles. The lowest BCUT2D eigenvalue weighted by atomic mass is 9.82. The summed E-state index contributed by atoms with van der Waals surface area (Å²) < 4.78 is 21.6. The number of para-hydroxylation sites is 5. The Kier molecular flexibility index (Phi) is 6.03. The van der Waals surface area contributed by atoms with Gasteiger partial charge in [0.2, 0.25) is 5.69 Å².